The molecular weight excluding hydrogens is 502 g/mol. The van der Waals surface area contributed by atoms with E-state index in [-0.39, 0.29) is 35.4 Å². The first kappa shape index (κ1) is 25.6. The van der Waals surface area contributed by atoms with Gasteiger partial charge in [-0.05, 0) is 50.2 Å². The zero-order valence-electron chi connectivity index (χ0n) is 17.5. The van der Waals surface area contributed by atoms with E-state index in [4.69, 9.17) is 27.9 Å². The van der Waals surface area contributed by atoms with E-state index in [1.807, 2.05) is 4.90 Å². The van der Waals surface area contributed by atoms with E-state index < -0.39 is 12.8 Å². The normalized spacial score (nSPS) is 17.6. The molecule has 0 saturated carbocycles. The Balaban J connectivity index is 1.45. The Morgan fingerprint density at radius 2 is 1.94 bits per heavy atom. The average molecular weight is 524 g/mol. The first-order valence-electron chi connectivity index (χ1n) is 10.1. The van der Waals surface area contributed by atoms with Crippen molar-refractivity contribution in [1.82, 2.24) is 10.2 Å². The second-order valence-electron chi connectivity index (χ2n) is 7.72. The molecule has 1 saturated heterocycles. The summed E-state index contributed by atoms with van der Waals surface area (Å²) in [5.74, 6) is -0.701. The number of anilines is 1. The quantitative estimate of drug-likeness (QED) is 0.502. The molecular formula is C21H22Cl2F3N3O3S. The number of amides is 2. The lowest BCUT2D eigenvalue weighted by Crippen LogP contribution is -2.36. The molecule has 1 aromatic heterocycles. The number of carbonyl (C=O) groups excluding carboxylic acids is 2. The molecule has 2 amide bonds. The Hall–Kier alpha value is -2.01. The van der Waals surface area contributed by atoms with Crippen LogP contribution in [0.15, 0.2) is 30.3 Å². The van der Waals surface area contributed by atoms with Gasteiger partial charge in [0.25, 0.3) is 0 Å². The molecule has 12 heteroatoms. The standard InChI is InChI=1S/C21H22Cl2F3N3O3S/c1-12(17-2-3-19(33-17)32-11-21(24,25)26)27-20(31)13-4-5-29(9-13)10-18(30)28-16-7-14(22)6-15(23)8-16/h2-3,6-8,12-13H,4-5,9-11H2,1H3,(H,27,31)(H,28,30)/t12?,13-/m1/s1. The molecule has 0 spiro atoms. The average Bonchev–Trinajstić information content (AvgIpc) is 3.34. The fraction of sp³-hybridized carbons (Fsp3) is 0.429. The van der Waals surface area contributed by atoms with Crippen molar-refractivity contribution in [2.45, 2.75) is 25.6 Å². The number of halogens is 5. The number of benzene rings is 1. The minimum atomic E-state index is -4.41. The Kier molecular flexibility index (Phi) is 8.49. The molecule has 33 heavy (non-hydrogen) atoms. The summed E-state index contributed by atoms with van der Waals surface area (Å²) in [4.78, 5) is 27.5. The third kappa shape index (κ3) is 8.06. The molecule has 0 bridgehead atoms. The van der Waals surface area contributed by atoms with Gasteiger partial charge in [0.2, 0.25) is 11.8 Å². The van der Waals surface area contributed by atoms with Gasteiger partial charge in [-0.2, -0.15) is 13.2 Å². The topological polar surface area (TPSA) is 70.7 Å². The minimum absolute atomic E-state index is 0.119. The van der Waals surface area contributed by atoms with Crippen molar-refractivity contribution >= 4 is 52.0 Å². The summed E-state index contributed by atoms with van der Waals surface area (Å²) in [6.07, 6.45) is -3.81. The van der Waals surface area contributed by atoms with Crippen molar-refractivity contribution < 1.29 is 27.5 Å². The zero-order valence-corrected chi connectivity index (χ0v) is 19.9. The van der Waals surface area contributed by atoms with Crippen LogP contribution in [0.2, 0.25) is 10.0 Å². The molecule has 1 aliphatic heterocycles. The van der Waals surface area contributed by atoms with Crippen LogP contribution in [0, 0.1) is 5.92 Å². The molecule has 2 N–H and O–H groups in total. The highest BCUT2D eigenvalue weighted by Gasteiger charge is 2.31. The molecule has 0 radical (unpaired) electrons. The predicted molar refractivity (Wildman–Crippen MR) is 122 cm³/mol. The van der Waals surface area contributed by atoms with Crippen LogP contribution in [0.1, 0.15) is 24.3 Å². The van der Waals surface area contributed by atoms with Gasteiger partial charge in [-0.25, -0.2) is 0 Å². The summed E-state index contributed by atoms with van der Waals surface area (Å²) in [5, 5.41) is 6.59. The van der Waals surface area contributed by atoms with Gasteiger partial charge in [-0.15, -0.1) is 11.3 Å². The predicted octanol–water partition coefficient (Wildman–Crippen LogP) is 5.13. The van der Waals surface area contributed by atoms with E-state index in [9.17, 15) is 22.8 Å². The van der Waals surface area contributed by atoms with E-state index in [0.29, 0.717) is 40.1 Å². The molecule has 1 unspecified atom stereocenters. The van der Waals surface area contributed by atoms with Crippen molar-refractivity contribution in [3.05, 3.63) is 45.3 Å². The van der Waals surface area contributed by atoms with E-state index in [1.165, 1.54) is 6.07 Å². The van der Waals surface area contributed by atoms with Gasteiger partial charge in [-0.1, -0.05) is 23.2 Å². The molecule has 2 atom stereocenters. The molecule has 1 aliphatic rings. The Morgan fingerprint density at radius 3 is 2.61 bits per heavy atom. The molecule has 2 aromatic rings. The van der Waals surface area contributed by atoms with Crippen molar-refractivity contribution in [1.29, 1.82) is 0 Å². The molecule has 1 aromatic carbocycles. The number of hydrogen-bond acceptors (Lipinski definition) is 5. The first-order chi connectivity index (χ1) is 15.5. The van der Waals surface area contributed by atoms with Crippen LogP contribution in [0.5, 0.6) is 5.06 Å². The lowest BCUT2D eigenvalue weighted by atomic mass is 10.1. The van der Waals surface area contributed by atoms with Crippen LogP contribution in [0.3, 0.4) is 0 Å². The highest BCUT2D eigenvalue weighted by molar-refractivity contribution is 7.13. The third-order valence-electron chi connectivity index (χ3n) is 4.92. The van der Waals surface area contributed by atoms with Crippen molar-refractivity contribution in [3.63, 3.8) is 0 Å². The fourth-order valence-corrected chi connectivity index (χ4v) is 4.80. The smallest absolute Gasteiger partial charge is 0.422 e. The van der Waals surface area contributed by atoms with Crippen LogP contribution < -0.4 is 15.4 Å². The van der Waals surface area contributed by atoms with Gasteiger partial charge in [0.15, 0.2) is 11.7 Å². The third-order valence-corrected chi connectivity index (χ3v) is 6.54. The molecule has 3 rings (SSSR count). The second-order valence-corrected chi connectivity index (χ2v) is 9.67. The lowest BCUT2D eigenvalue weighted by molar-refractivity contribution is -0.152. The summed E-state index contributed by atoms with van der Waals surface area (Å²) >= 11 is 12.9. The maximum Gasteiger partial charge on any atom is 0.422 e. The summed E-state index contributed by atoms with van der Waals surface area (Å²) in [7, 11) is 0. The van der Waals surface area contributed by atoms with Gasteiger partial charge in [0.1, 0.15) is 0 Å². The number of nitrogens with one attached hydrogen (secondary N) is 2. The molecule has 6 nitrogen and oxygen atoms in total. The number of ether oxygens (including phenoxy) is 1. The number of hydrogen-bond donors (Lipinski definition) is 2. The number of likely N-dealkylation sites (tertiary alicyclic amines) is 1. The lowest BCUT2D eigenvalue weighted by Gasteiger charge is -2.18. The molecule has 1 fully saturated rings. The summed E-state index contributed by atoms with van der Waals surface area (Å²) in [5.41, 5.74) is 0.495. The van der Waals surface area contributed by atoms with Crippen LogP contribution in [0.25, 0.3) is 0 Å². The van der Waals surface area contributed by atoms with Crippen LogP contribution >= 0.6 is 34.5 Å². The van der Waals surface area contributed by atoms with Crippen molar-refractivity contribution in [2.75, 3.05) is 31.6 Å². The number of rotatable bonds is 8. The Bertz CT molecular complexity index is 982. The summed E-state index contributed by atoms with van der Waals surface area (Å²) < 4.78 is 41.6. The Labute approximate surface area is 203 Å². The minimum Gasteiger partial charge on any atom is -0.475 e. The molecule has 0 aliphatic carbocycles. The second kappa shape index (κ2) is 10.9. The highest BCUT2D eigenvalue weighted by Crippen LogP contribution is 2.31. The number of thiophene rings is 1. The summed E-state index contributed by atoms with van der Waals surface area (Å²) in [6.45, 7) is 1.53. The maximum absolute atomic E-state index is 12.6. The zero-order chi connectivity index (χ0) is 24.2. The van der Waals surface area contributed by atoms with Crippen LogP contribution in [-0.2, 0) is 9.59 Å². The largest absolute Gasteiger partial charge is 0.475 e. The SMILES string of the molecule is CC(NC(=O)[C@@H]1CCN(CC(=O)Nc2cc(Cl)cc(Cl)c2)C1)c1ccc(OCC(F)(F)F)s1. The summed E-state index contributed by atoms with van der Waals surface area (Å²) in [6, 6.07) is 7.46. The maximum atomic E-state index is 12.6. The monoisotopic (exact) mass is 523 g/mol. The van der Waals surface area contributed by atoms with E-state index in [2.05, 4.69) is 10.6 Å². The number of nitrogens with zero attached hydrogens (tertiary/aromatic N) is 1. The van der Waals surface area contributed by atoms with Gasteiger partial charge < -0.3 is 15.4 Å². The molecule has 180 valence electrons. The number of alkyl halides is 3. The fourth-order valence-electron chi connectivity index (χ4n) is 3.42. The van der Waals surface area contributed by atoms with Crippen LogP contribution in [0.4, 0.5) is 18.9 Å². The van der Waals surface area contributed by atoms with Gasteiger partial charge in [0, 0.05) is 27.2 Å². The molecule has 2 heterocycles. The van der Waals surface area contributed by atoms with Gasteiger partial charge >= 0.3 is 6.18 Å². The Morgan fingerprint density at radius 1 is 1.24 bits per heavy atom. The van der Waals surface area contributed by atoms with E-state index in [1.54, 1.807) is 31.2 Å². The van der Waals surface area contributed by atoms with Crippen molar-refractivity contribution in [3.8, 4) is 5.06 Å². The van der Waals surface area contributed by atoms with Gasteiger partial charge in [0.05, 0.1) is 18.5 Å². The van der Waals surface area contributed by atoms with Gasteiger partial charge in [-0.3, -0.25) is 14.5 Å². The first-order valence-corrected chi connectivity index (χ1v) is 11.6. The van der Waals surface area contributed by atoms with Crippen molar-refractivity contribution in [2.24, 2.45) is 5.92 Å². The number of carbonyl (C=O) groups is 2. The van der Waals surface area contributed by atoms with E-state index >= 15 is 0 Å². The van der Waals surface area contributed by atoms with E-state index in [0.717, 1.165) is 11.3 Å². The van der Waals surface area contributed by atoms with Crippen LogP contribution in [-0.4, -0.2) is 49.1 Å². The highest BCUT2D eigenvalue weighted by atomic mass is 35.5.